The highest BCUT2D eigenvalue weighted by atomic mass is 35.5. The van der Waals surface area contributed by atoms with E-state index in [4.69, 9.17) is 10.5 Å². The molecule has 4 nitrogen and oxygen atoms in total. The summed E-state index contributed by atoms with van der Waals surface area (Å²) in [5.41, 5.74) is 9.80. The number of hydrogen-bond acceptors (Lipinski definition) is 3. The molecule has 0 aliphatic rings. The Morgan fingerprint density at radius 3 is 2.61 bits per heavy atom. The molecule has 0 saturated carbocycles. The lowest BCUT2D eigenvalue weighted by Crippen LogP contribution is -2.23. The molecule has 5 heteroatoms. The number of ether oxygens (including phenoxy) is 1. The Balaban J connectivity index is 0.00000264. The number of rotatable bonds is 7. The standard InChI is InChI=1S/C18H22N2O2.ClH/c1-22-13-15-6-4-5-14(11-15)12-20-18(21)10-9-16-7-2-3-8-17(16)19;/h2-8,11H,9-10,12-13,19H2,1H3,(H,20,21);1H. The van der Waals surface area contributed by atoms with Crippen molar-refractivity contribution in [2.45, 2.75) is 26.0 Å². The average molecular weight is 335 g/mol. The first kappa shape index (κ1) is 19.0. The van der Waals surface area contributed by atoms with Gasteiger partial charge in [0.25, 0.3) is 0 Å². The van der Waals surface area contributed by atoms with E-state index in [0.29, 0.717) is 26.0 Å². The summed E-state index contributed by atoms with van der Waals surface area (Å²) in [4.78, 5) is 11.9. The van der Waals surface area contributed by atoms with E-state index in [1.54, 1.807) is 7.11 Å². The number of carbonyl (C=O) groups is 1. The van der Waals surface area contributed by atoms with Crippen LogP contribution in [0.2, 0.25) is 0 Å². The molecule has 2 aromatic carbocycles. The van der Waals surface area contributed by atoms with Gasteiger partial charge in [-0.15, -0.1) is 12.4 Å². The number of anilines is 1. The molecule has 2 rings (SSSR count). The Kier molecular flexibility index (Phi) is 8.16. The summed E-state index contributed by atoms with van der Waals surface area (Å²) in [5.74, 6) is 0.0281. The molecule has 124 valence electrons. The van der Waals surface area contributed by atoms with Gasteiger partial charge >= 0.3 is 0 Å². The van der Waals surface area contributed by atoms with Crippen molar-refractivity contribution in [1.82, 2.24) is 5.32 Å². The van der Waals surface area contributed by atoms with Crippen LogP contribution >= 0.6 is 12.4 Å². The first-order valence-electron chi connectivity index (χ1n) is 7.36. The molecule has 0 bridgehead atoms. The van der Waals surface area contributed by atoms with Crippen LogP contribution in [0.3, 0.4) is 0 Å². The summed E-state index contributed by atoms with van der Waals surface area (Å²) in [5, 5.41) is 2.94. The topological polar surface area (TPSA) is 64.3 Å². The maximum absolute atomic E-state index is 11.9. The van der Waals surface area contributed by atoms with Gasteiger partial charge in [0.2, 0.25) is 5.91 Å². The zero-order chi connectivity index (χ0) is 15.8. The predicted molar refractivity (Wildman–Crippen MR) is 95.4 cm³/mol. The second kappa shape index (κ2) is 9.87. The van der Waals surface area contributed by atoms with E-state index >= 15 is 0 Å². The lowest BCUT2D eigenvalue weighted by molar-refractivity contribution is -0.121. The molecule has 0 aliphatic heterocycles. The normalized spacial score (nSPS) is 9.96. The van der Waals surface area contributed by atoms with Crippen molar-refractivity contribution < 1.29 is 9.53 Å². The van der Waals surface area contributed by atoms with Crippen molar-refractivity contribution in [3.05, 3.63) is 65.2 Å². The van der Waals surface area contributed by atoms with Crippen molar-refractivity contribution in [3.63, 3.8) is 0 Å². The van der Waals surface area contributed by atoms with Gasteiger partial charge < -0.3 is 15.8 Å². The number of methoxy groups -OCH3 is 1. The fourth-order valence-corrected chi connectivity index (χ4v) is 2.30. The molecule has 0 spiro atoms. The molecule has 0 saturated heterocycles. The number of nitrogens with two attached hydrogens (primary N) is 1. The molecule has 23 heavy (non-hydrogen) atoms. The van der Waals surface area contributed by atoms with Crippen LogP contribution in [0, 0.1) is 0 Å². The van der Waals surface area contributed by atoms with Gasteiger partial charge in [-0.3, -0.25) is 4.79 Å². The largest absolute Gasteiger partial charge is 0.399 e. The van der Waals surface area contributed by atoms with Crippen molar-refractivity contribution >= 4 is 24.0 Å². The van der Waals surface area contributed by atoms with Gasteiger partial charge in [-0.25, -0.2) is 0 Å². The van der Waals surface area contributed by atoms with Gasteiger partial charge in [-0.1, -0.05) is 42.5 Å². The van der Waals surface area contributed by atoms with Crippen molar-refractivity contribution in [2.24, 2.45) is 0 Å². The number of aryl methyl sites for hydroxylation is 1. The summed E-state index contributed by atoms with van der Waals surface area (Å²) < 4.78 is 5.11. The molecular formula is C18H23ClN2O2. The van der Waals surface area contributed by atoms with Crippen molar-refractivity contribution in [3.8, 4) is 0 Å². The maximum Gasteiger partial charge on any atom is 0.220 e. The zero-order valence-corrected chi connectivity index (χ0v) is 14.1. The lowest BCUT2D eigenvalue weighted by Gasteiger charge is -2.08. The number of para-hydroxylation sites is 1. The SMILES string of the molecule is COCc1cccc(CNC(=O)CCc2ccccc2N)c1.Cl. The highest BCUT2D eigenvalue weighted by Gasteiger charge is 2.04. The molecular weight excluding hydrogens is 312 g/mol. The van der Waals surface area contributed by atoms with E-state index in [1.165, 1.54) is 0 Å². The fourth-order valence-electron chi connectivity index (χ4n) is 2.30. The smallest absolute Gasteiger partial charge is 0.220 e. The molecule has 3 N–H and O–H groups in total. The monoisotopic (exact) mass is 334 g/mol. The molecule has 0 aromatic heterocycles. The maximum atomic E-state index is 11.9. The highest BCUT2D eigenvalue weighted by molar-refractivity contribution is 5.85. The van der Waals surface area contributed by atoms with Crippen LogP contribution in [0.15, 0.2) is 48.5 Å². The number of hydrogen-bond donors (Lipinski definition) is 2. The van der Waals surface area contributed by atoms with Crippen LogP contribution in [0.5, 0.6) is 0 Å². The molecule has 0 fully saturated rings. The Hall–Kier alpha value is -2.04. The molecule has 0 radical (unpaired) electrons. The summed E-state index contributed by atoms with van der Waals surface area (Å²) in [6.45, 7) is 1.11. The number of benzene rings is 2. The van der Waals surface area contributed by atoms with Crippen LogP contribution in [-0.4, -0.2) is 13.0 Å². The molecule has 0 unspecified atom stereocenters. The highest BCUT2D eigenvalue weighted by Crippen LogP contribution is 2.12. The van der Waals surface area contributed by atoms with E-state index in [0.717, 1.165) is 22.4 Å². The van der Waals surface area contributed by atoms with E-state index in [2.05, 4.69) is 5.32 Å². The summed E-state index contributed by atoms with van der Waals surface area (Å²) in [6.07, 6.45) is 1.09. The predicted octanol–water partition coefficient (Wildman–Crippen LogP) is 3.09. The quantitative estimate of drug-likeness (QED) is 0.765. The first-order chi connectivity index (χ1) is 10.7. The molecule has 0 heterocycles. The van der Waals surface area contributed by atoms with Gasteiger partial charge in [0.1, 0.15) is 0 Å². The third-order valence-corrected chi connectivity index (χ3v) is 3.47. The van der Waals surface area contributed by atoms with Crippen LogP contribution in [0.4, 0.5) is 5.69 Å². The number of halogens is 1. The minimum absolute atomic E-state index is 0. The van der Waals surface area contributed by atoms with Crippen molar-refractivity contribution in [1.29, 1.82) is 0 Å². The van der Waals surface area contributed by atoms with Gasteiger partial charge in [-0.05, 0) is 29.2 Å². The number of carbonyl (C=O) groups excluding carboxylic acids is 1. The fraction of sp³-hybridized carbons (Fsp3) is 0.278. The van der Waals surface area contributed by atoms with Gasteiger partial charge in [0.15, 0.2) is 0 Å². The minimum atomic E-state index is 0. The second-order valence-corrected chi connectivity index (χ2v) is 5.23. The minimum Gasteiger partial charge on any atom is -0.399 e. The Morgan fingerprint density at radius 2 is 1.87 bits per heavy atom. The lowest BCUT2D eigenvalue weighted by atomic mass is 10.1. The van der Waals surface area contributed by atoms with E-state index in [-0.39, 0.29) is 18.3 Å². The molecule has 0 aliphatic carbocycles. The average Bonchev–Trinajstić information content (AvgIpc) is 2.53. The Labute approximate surface area is 143 Å². The molecule has 0 atom stereocenters. The Morgan fingerprint density at radius 1 is 1.13 bits per heavy atom. The summed E-state index contributed by atoms with van der Waals surface area (Å²) in [6, 6.07) is 15.7. The third kappa shape index (κ3) is 6.30. The third-order valence-electron chi connectivity index (χ3n) is 3.47. The zero-order valence-electron chi connectivity index (χ0n) is 13.2. The van der Waals surface area contributed by atoms with E-state index in [1.807, 2.05) is 48.5 Å². The van der Waals surface area contributed by atoms with Gasteiger partial charge in [0.05, 0.1) is 6.61 Å². The summed E-state index contributed by atoms with van der Waals surface area (Å²) >= 11 is 0. The second-order valence-electron chi connectivity index (χ2n) is 5.23. The number of nitrogen functional groups attached to an aromatic ring is 1. The summed E-state index contributed by atoms with van der Waals surface area (Å²) in [7, 11) is 1.67. The van der Waals surface area contributed by atoms with Crippen LogP contribution in [0.25, 0.3) is 0 Å². The van der Waals surface area contributed by atoms with Crippen LogP contribution in [0.1, 0.15) is 23.1 Å². The molecule has 1 amide bonds. The first-order valence-corrected chi connectivity index (χ1v) is 7.36. The van der Waals surface area contributed by atoms with Crippen LogP contribution < -0.4 is 11.1 Å². The number of amides is 1. The van der Waals surface area contributed by atoms with Crippen molar-refractivity contribution in [2.75, 3.05) is 12.8 Å². The van der Waals surface area contributed by atoms with Gasteiger partial charge in [0, 0.05) is 25.8 Å². The van der Waals surface area contributed by atoms with E-state index in [9.17, 15) is 4.79 Å². The molecule has 2 aromatic rings. The van der Waals surface area contributed by atoms with E-state index < -0.39 is 0 Å². The van der Waals surface area contributed by atoms with Crippen LogP contribution in [-0.2, 0) is 29.1 Å². The van der Waals surface area contributed by atoms with Gasteiger partial charge in [-0.2, -0.15) is 0 Å². The Bertz CT molecular complexity index is 632. The number of nitrogens with one attached hydrogen (secondary N) is 1.